The second-order valence-corrected chi connectivity index (χ2v) is 6.48. The van der Waals surface area contributed by atoms with E-state index in [9.17, 15) is 8.42 Å². The van der Waals surface area contributed by atoms with Gasteiger partial charge in [0.25, 0.3) is 10.0 Å². The standard InChI is InChI=1S/C8H15N3O2S2.ClH/c1-5(4-9)11-15(12,13)8-6(2)10-7(3)14-8;/h5,11H,4,9H2,1-3H3;1H/t5-;/m0./s1. The lowest BCUT2D eigenvalue weighted by atomic mass is 10.4. The average Bonchev–Trinajstić information content (AvgIpc) is 2.45. The maximum Gasteiger partial charge on any atom is 0.252 e. The Morgan fingerprint density at radius 3 is 2.44 bits per heavy atom. The molecule has 3 N–H and O–H groups in total. The van der Waals surface area contributed by atoms with E-state index in [-0.39, 0.29) is 29.2 Å². The van der Waals surface area contributed by atoms with Crippen LogP contribution in [0.5, 0.6) is 0 Å². The van der Waals surface area contributed by atoms with Crippen LogP contribution in [0.3, 0.4) is 0 Å². The molecule has 0 fully saturated rings. The highest BCUT2D eigenvalue weighted by Gasteiger charge is 2.22. The number of aromatic nitrogens is 1. The number of nitrogens with zero attached hydrogens (tertiary/aromatic N) is 1. The molecule has 1 aromatic rings. The van der Waals surface area contributed by atoms with Gasteiger partial charge in [0.2, 0.25) is 0 Å². The average molecular weight is 286 g/mol. The van der Waals surface area contributed by atoms with Gasteiger partial charge in [-0.15, -0.1) is 23.7 Å². The van der Waals surface area contributed by atoms with Crippen LogP contribution in [0, 0.1) is 13.8 Å². The van der Waals surface area contributed by atoms with Gasteiger partial charge in [0, 0.05) is 12.6 Å². The molecule has 0 radical (unpaired) electrons. The molecule has 1 atom stereocenters. The van der Waals surface area contributed by atoms with Gasteiger partial charge in [-0.05, 0) is 20.8 Å². The molecule has 0 aromatic carbocycles. The second kappa shape index (κ2) is 5.92. The van der Waals surface area contributed by atoms with Gasteiger partial charge >= 0.3 is 0 Å². The Balaban J connectivity index is 0.00000225. The second-order valence-electron chi connectivity index (χ2n) is 3.36. The first-order valence-corrected chi connectivity index (χ1v) is 6.83. The van der Waals surface area contributed by atoms with Crippen LogP contribution in [-0.2, 0) is 10.0 Å². The fraction of sp³-hybridized carbons (Fsp3) is 0.625. The summed E-state index contributed by atoms with van der Waals surface area (Å²) >= 11 is 1.17. The van der Waals surface area contributed by atoms with Gasteiger partial charge in [-0.3, -0.25) is 0 Å². The zero-order valence-electron chi connectivity index (χ0n) is 9.35. The molecule has 0 aliphatic heterocycles. The van der Waals surface area contributed by atoms with Crippen molar-refractivity contribution in [3.8, 4) is 0 Å². The van der Waals surface area contributed by atoms with Gasteiger partial charge in [-0.2, -0.15) is 0 Å². The van der Waals surface area contributed by atoms with Gasteiger partial charge in [0.05, 0.1) is 10.7 Å². The van der Waals surface area contributed by atoms with Crippen LogP contribution < -0.4 is 10.5 Å². The van der Waals surface area contributed by atoms with Gasteiger partial charge in [-0.25, -0.2) is 18.1 Å². The first-order valence-electron chi connectivity index (χ1n) is 4.53. The number of nitrogens with two attached hydrogens (primary N) is 1. The Hall–Kier alpha value is -0.210. The minimum Gasteiger partial charge on any atom is -0.329 e. The lowest BCUT2D eigenvalue weighted by molar-refractivity contribution is 0.564. The molecule has 0 amide bonds. The molecule has 0 aliphatic carbocycles. The third-order valence-corrected chi connectivity index (χ3v) is 5.09. The highest BCUT2D eigenvalue weighted by Crippen LogP contribution is 2.22. The number of thiazole rings is 1. The van der Waals surface area contributed by atoms with Crippen LogP contribution in [0.25, 0.3) is 0 Å². The molecule has 0 bridgehead atoms. The molecule has 94 valence electrons. The minimum atomic E-state index is -3.46. The van der Waals surface area contributed by atoms with Gasteiger partial charge in [0.15, 0.2) is 4.21 Å². The van der Waals surface area contributed by atoms with Gasteiger partial charge < -0.3 is 5.73 Å². The van der Waals surface area contributed by atoms with Crippen LogP contribution in [-0.4, -0.2) is 26.0 Å². The molecule has 0 aliphatic rings. The fourth-order valence-corrected chi connectivity index (χ4v) is 3.89. The minimum absolute atomic E-state index is 0. The first-order chi connectivity index (χ1) is 6.86. The lowest BCUT2D eigenvalue weighted by Crippen LogP contribution is -2.37. The van der Waals surface area contributed by atoms with E-state index in [0.29, 0.717) is 5.69 Å². The SMILES string of the molecule is Cc1nc(C)c(S(=O)(=O)N[C@@H](C)CN)s1.Cl. The van der Waals surface area contributed by atoms with E-state index in [0.717, 1.165) is 5.01 Å². The van der Waals surface area contributed by atoms with E-state index in [1.807, 2.05) is 0 Å². The Kier molecular flexibility index (Phi) is 5.85. The van der Waals surface area contributed by atoms with Crippen molar-refractivity contribution in [2.45, 2.75) is 31.0 Å². The number of halogens is 1. The van der Waals surface area contributed by atoms with Crippen molar-refractivity contribution in [3.63, 3.8) is 0 Å². The molecule has 1 aromatic heterocycles. The maximum atomic E-state index is 11.8. The summed E-state index contributed by atoms with van der Waals surface area (Å²) < 4.78 is 26.5. The smallest absolute Gasteiger partial charge is 0.252 e. The van der Waals surface area contributed by atoms with E-state index in [2.05, 4.69) is 9.71 Å². The summed E-state index contributed by atoms with van der Waals surface area (Å²) in [5.41, 5.74) is 5.90. The molecule has 0 spiro atoms. The van der Waals surface area contributed by atoms with Crippen LogP contribution >= 0.6 is 23.7 Å². The lowest BCUT2D eigenvalue weighted by Gasteiger charge is -2.10. The van der Waals surface area contributed by atoms with Crippen LogP contribution in [0.2, 0.25) is 0 Å². The molecule has 0 unspecified atom stereocenters. The zero-order chi connectivity index (χ0) is 11.6. The molecule has 16 heavy (non-hydrogen) atoms. The summed E-state index contributed by atoms with van der Waals surface area (Å²) in [6, 6.07) is -0.267. The van der Waals surface area contributed by atoms with E-state index >= 15 is 0 Å². The summed E-state index contributed by atoms with van der Waals surface area (Å²) in [6.07, 6.45) is 0. The Morgan fingerprint density at radius 1 is 1.50 bits per heavy atom. The Morgan fingerprint density at radius 2 is 2.06 bits per heavy atom. The normalized spacial score (nSPS) is 13.2. The molecule has 8 heteroatoms. The molecular weight excluding hydrogens is 270 g/mol. The summed E-state index contributed by atoms with van der Waals surface area (Å²) in [6.45, 7) is 5.46. The van der Waals surface area contributed by atoms with Crippen molar-refractivity contribution in [1.29, 1.82) is 0 Å². The van der Waals surface area contributed by atoms with Crippen molar-refractivity contribution in [2.24, 2.45) is 5.73 Å². The van der Waals surface area contributed by atoms with E-state index in [1.165, 1.54) is 11.3 Å². The van der Waals surface area contributed by atoms with Crippen LogP contribution in [0.1, 0.15) is 17.6 Å². The fourth-order valence-electron chi connectivity index (χ4n) is 1.13. The van der Waals surface area contributed by atoms with E-state index in [4.69, 9.17) is 5.73 Å². The molecule has 1 rings (SSSR count). The van der Waals surface area contributed by atoms with Crippen LogP contribution in [0.4, 0.5) is 0 Å². The highest BCUT2D eigenvalue weighted by atomic mass is 35.5. The summed E-state index contributed by atoms with van der Waals surface area (Å²) in [5, 5.41) is 0.744. The Bertz CT molecular complexity index is 444. The number of nitrogens with one attached hydrogen (secondary N) is 1. The highest BCUT2D eigenvalue weighted by molar-refractivity contribution is 7.91. The summed E-state index contributed by atoms with van der Waals surface area (Å²) in [5.74, 6) is 0. The number of hydrogen-bond donors (Lipinski definition) is 2. The topological polar surface area (TPSA) is 85.1 Å². The van der Waals surface area contributed by atoms with Gasteiger partial charge in [-0.1, -0.05) is 0 Å². The van der Waals surface area contributed by atoms with Crippen LogP contribution in [0.15, 0.2) is 4.21 Å². The molecular formula is C8H16ClN3O2S2. The van der Waals surface area contributed by atoms with E-state index < -0.39 is 10.0 Å². The number of hydrogen-bond acceptors (Lipinski definition) is 5. The van der Waals surface area contributed by atoms with Crippen molar-refractivity contribution in [3.05, 3.63) is 10.7 Å². The van der Waals surface area contributed by atoms with Crippen molar-refractivity contribution in [2.75, 3.05) is 6.54 Å². The predicted molar refractivity (Wildman–Crippen MR) is 67.7 cm³/mol. The summed E-state index contributed by atoms with van der Waals surface area (Å²) in [4.78, 5) is 4.08. The molecule has 1 heterocycles. The third kappa shape index (κ3) is 3.67. The third-order valence-electron chi connectivity index (χ3n) is 1.81. The quantitative estimate of drug-likeness (QED) is 0.857. The van der Waals surface area contributed by atoms with Crippen molar-refractivity contribution >= 4 is 33.8 Å². The summed E-state index contributed by atoms with van der Waals surface area (Å²) in [7, 11) is -3.46. The van der Waals surface area contributed by atoms with Crippen molar-refractivity contribution < 1.29 is 8.42 Å². The van der Waals surface area contributed by atoms with Crippen molar-refractivity contribution in [1.82, 2.24) is 9.71 Å². The maximum absolute atomic E-state index is 11.8. The Labute approximate surface area is 106 Å². The molecule has 0 saturated heterocycles. The first kappa shape index (κ1) is 15.8. The number of sulfonamides is 1. The largest absolute Gasteiger partial charge is 0.329 e. The number of aryl methyl sites for hydroxylation is 2. The zero-order valence-corrected chi connectivity index (χ0v) is 11.8. The predicted octanol–water partition coefficient (Wildman–Crippen LogP) is 0.807. The van der Waals surface area contributed by atoms with Gasteiger partial charge in [0.1, 0.15) is 0 Å². The van der Waals surface area contributed by atoms with E-state index in [1.54, 1.807) is 20.8 Å². The molecule has 0 saturated carbocycles. The monoisotopic (exact) mass is 285 g/mol. The number of rotatable bonds is 4. The molecule has 5 nitrogen and oxygen atoms in total.